The van der Waals surface area contributed by atoms with Crippen molar-refractivity contribution in [1.82, 2.24) is 0 Å². The number of rotatable bonds is 4. The highest BCUT2D eigenvalue weighted by atomic mass is 79.9. The summed E-state index contributed by atoms with van der Waals surface area (Å²) in [6, 6.07) is 5.15. The third-order valence-electron chi connectivity index (χ3n) is 2.06. The molecule has 0 radical (unpaired) electrons. The summed E-state index contributed by atoms with van der Waals surface area (Å²) >= 11 is 2.95. The lowest BCUT2D eigenvalue weighted by molar-refractivity contribution is 0.0128. The van der Waals surface area contributed by atoms with Crippen LogP contribution in [-0.4, -0.2) is 14.3 Å². The topological polar surface area (TPSA) is 34.1 Å². The van der Waals surface area contributed by atoms with Gasteiger partial charge in [-0.1, -0.05) is 34.1 Å². The first-order valence-corrected chi connectivity index (χ1v) is 6.96. The summed E-state index contributed by atoms with van der Waals surface area (Å²) in [5.74, 6) is -2.97. The lowest BCUT2D eigenvalue weighted by atomic mass is 10.1. The standard InChI is InChI=1S/C10H10BrF3O2S/c1-10(12,13)6-8(11)7-4-2-3-5-9(7)17(14,15)16/h2-5,8H,6H2,1H3. The highest BCUT2D eigenvalue weighted by molar-refractivity contribution is 9.09. The monoisotopic (exact) mass is 330 g/mol. The van der Waals surface area contributed by atoms with E-state index in [0.29, 0.717) is 6.92 Å². The van der Waals surface area contributed by atoms with Gasteiger partial charge in [0.2, 0.25) is 5.92 Å². The molecule has 17 heavy (non-hydrogen) atoms. The zero-order valence-electron chi connectivity index (χ0n) is 8.83. The highest BCUT2D eigenvalue weighted by Crippen LogP contribution is 2.37. The zero-order valence-corrected chi connectivity index (χ0v) is 11.2. The molecule has 7 heteroatoms. The van der Waals surface area contributed by atoms with Crippen LogP contribution in [0.2, 0.25) is 0 Å². The van der Waals surface area contributed by atoms with Crippen molar-refractivity contribution in [3.8, 4) is 0 Å². The Labute approximate surface area is 106 Å². The smallest absolute Gasteiger partial charge is 0.207 e. The van der Waals surface area contributed by atoms with Crippen molar-refractivity contribution in [1.29, 1.82) is 0 Å². The number of hydrogen-bond acceptors (Lipinski definition) is 2. The van der Waals surface area contributed by atoms with Gasteiger partial charge in [-0.05, 0) is 18.6 Å². The Morgan fingerprint density at radius 2 is 1.88 bits per heavy atom. The Balaban J connectivity index is 3.15. The predicted octanol–water partition coefficient (Wildman–Crippen LogP) is 3.83. The van der Waals surface area contributed by atoms with E-state index in [1.165, 1.54) is 18.2 Å². The molecule has 1 aromatic carbocycles. The molecule has 0 N–H and O–H groups in total. The van der Waals surface area contributed by atoms with E-state index in [2.05, 4.69) is 15.9 Å². The zero-order chi connectivity index (χ0) is 13.3. The van der Waals surface area contributed by atoms with Gasteiger partial charge in [-0.15, -0.1) is 3.89 Å². The molecule has 1 atom stereocenters. The van der Waals surface area contributed by atoms with Crippen molar-refractivity contribution in [2.45, 2.75) is 29.0 Å². The van der Waals surface area contributed by atoms with Crippen LogP contribution in [0.3, 0.4) is 0 Å². The van der Waals surface area contributed by atoms with E-state index in [0.717, 1.165) is 6.07 Å². The van der Waals surface area contributed by atoms with Gasteiger partial charge >= 0.3 is 10.2 Å². The van der Waals surface area contributed by atoms with Crippen LogP contribution in [0.5, 0.6) is 0 Å². The second kappa shape index (κ2) is 4.97. The van der Waals surface area contributed by atoms with Gasteiger partial charge in [0.15, 0.2) is 0 Å². The maximum atomic E-state index is 12.9. The minimum Gasteiger partial charge on any atom is -0.207 e. The second-order valence-electron chi connectivity index (χ2n) is 3.72. The second-order valence-corrected chi connectivity index (χ2v) is 6.14. The van der Waals surface area contributed by atoms with Gasteiger partial charge in [0.05, 0.1) is 0 Å². The first-order valence-electron chi connectivity index (χ1n) is 4.67. The molecule has 0 bridgehead atoms. The molecule has 96 valence electrons. The molecule has 0 fully saturated rings. The van der Waals surface area contributed by atoms with Gasteiger partial charge in [-0.2, -0.15) is 8.42 Å². The number of halogens is 4. The van der Waals surface area contributed by atoms with E-state index in [9.17, 15) is 21.1 Å². The molecule has 0 amide bonds. The molecule has 0 spiro atoms. The van der Waals surface area contributed by atoms with Crippen molar-refractivity contribution in [3.63, 3.8) is 0 Å². The third-order valence-corrected chi connectivity index (χ3v) is 3.77. The van der Waals surface area contributed by atoms with Crippen molar-refractivity contribution < 1.29 is 21.1 Å². The summed E-state index contributed by atoms with van der Waals surface area (Å²) in [6.07, 6.45) is -0.612. The molecule has 2 nitrogen and oxygen atoms in total. The Morgan fingerprint density at radius 1 is 1.35 bits per heavy atom. The van der Waals surface area contributed by atoms with Gasteiger partial charge in [0.1, 0.15) is 4.90 Å². The first-order chi connectivity index (χ1) is 7.61. The van der Waals surface area contributed by atoms with Crippen molar-refractivity contribution in [2.75, 3.05) is 0 Å². The fourth-order valence-corrected chi connectivity index (χ4v) is 3.24. The number of hydrogen-bond donors (Lipinski definition) is 0. The van der Waals surface area contributed by atoms with Crippen molar-refractivity contribution in [3.05, 3.63) is 29.8 Å². The average Bonchev–Trinajstić information content (AvgIpc) is 2.13. The normalized spacial score (nSPS) is 14.6. The molecule has 0 aliphatic heterocycles. The molecule has 0 saturated carbocycles. The Hall–Kier alpha value is -0.560. The van der Waals surface area contributed by atoms with E-state index in [-0.39, 0.29) is 5.56 Å². The molecular formula is C10H10BrF3O2S. The average molecular weight is 331 g/mol. The number of alkyl halides is 3. The Morgan fingerprint density at radius 3 is 2.35 bits per heavy atom. The van der Waals surface area contributed by atoms with Crippen LogP contribution in [0.25, 0.3) is 0 Å². The van der Waals surface area contributed by atoms with E-state index in [1.54, 1.807) is 0 Å². The van der Waals surface area contributed by atoms with Crippen LogP contribution in [0.1, 0.15) is 23.7 Å². The van der Waals surface area contributed by atoms with Crippen LogP contribution in [0.4, 0.5) is 12.7 Å². The van der Waals surface area contributed by atoms with E-state index in [4.69, 9.17) is 0 Å². The lowest BCUT2D eigenvalue weighted by Gasteiger charge is -2.17. The van der Waals surface area contributed by atoms with Crippen LogP contribution < -0.4 is 0 Å². The van der Waals surface area contributed by atoms with Crippen LogP contribution in [0, 0.1) is 0 Å². The van der Waals surface area contributed by atoms with Gasteiger partial charge in [0.25, 0.3) is 0 Å². The summed E-state index contributed by atoms with van der Waals surface area (Å²) < 4.78 is 60.3. The molecule has 0 aromatic heterocycles. The van der Waals surface area contributed by atoms with Crippen molar-refractivity contribution >= 4 is 26.2 Å². The maximum absolute atomic E-state index is 12.9. The largest absolute Gasteiger partial charge is 0.332 e. The summed E-state index contributed by atoms with van der Waals surface area (Å²) in [7, 11) is -4.91. The minimum absolute atomic E-state index is 0.00322. The molecule has 0 aliphatic carbocycles. The Kier molecular flexibility index (Phi) is 4.24. The molecule has 0 saturated heterocycles. The Bertz CT molecular complexity index is 497. The third kappa shape index (κ3) is 4.31. The molecule has 1 unspecified atom stereocenters. The van der Waals surface area contributed by atoms with Gasteiger partial charge in [-0.25, -0.2) is 8.78 Å². The fourth-order valence-electron chi connectivity index (χ4n) is 1.39. The quantitative estimate of drug-likeness (QED) is 0.621. The first kappa shape index (κ1) is 14.5. The number of benzene rings is 1. The van der Waals surface area contributed by atoms with Crippen LogP contribution in [-0.2, 0) is 10.2 Å². The summed E-state index contributed by atoms with van der Waals surface area (Å²) in [6.45, 7) is 0.716. The molecule has 0 aliphatic rings. The molecule has 0 heterocycles. The van der Waals surface area contributed by atoms with Gasteiger partial charge < -0.3 is 0 Å². The van der Waals surface area contributed by atoms with Crippen LogP contribution >= 0.6 is 15.9 Å². The van der Waals surface area contributed by atoms with Crippen molar-refractivity contribution in [2.24, 2.45) is 0 Å². The van der Waals surface area contributed by atoms with Crippen LogP contribution in [0.15, 0.2) is 29.2 Å². The van der Waals surface area contributed by atoms with Gasteiger partial charge in [0, 0.05) is 11.2 Å². The van der Waals surface area contributed by atoms with E-state index in [1.807, 2.05) is 0 Å². The fraction of sp³-hybridized carbons (Fsp3) is 0.400. The molecule has 1 rings (SSSR count). The summed E-state index contributed by atoms with van der Waals surface area (Å²) in [5, 5.41) is 0. The SMILES string of the molecule is CC(F)(F)CC(Br)c1ccccc1S(=O)(=O)F. The minimum atomic E-state index is -4.91. The van der Waals surface area contributed by atoms with Gasteiger partial charge in [-0.3, -0.25) is 0 Å². The predicted molar refractivity (Wildman–Crippen MR) is 61.6 cm³/mol. The van der Waals surface area contributed by atoms with E-state index < -0.39 is 32.3 Å². The summed E-state index contributed by atoms with van der Waals surface area (Å²) in [4.78, 5) is -1.50. The maximum Gasteiger partial charge on any atom is 0.332 e. The molecular weight excluding hydrogens is 321 g/mol. The summed E-state index contributed by atoms with van der Waals surface area (Å²) in [5.41, 5.74) is -0.00322. The lowest BCUT2D eigenvalue weighted by Crippen LogP contribution is -2.13. The molecule has 1 aromatic rings. The van der Waals surface area contributed by atoms with E-state index >= 15 is 0 Å². The highest BCUT2D eigenvalue weighted by Gasteiger charge is 2.29.